The molecule has 0 radical (unpaired) electrons. The highest BCUT2D eigenvalue weighted by atomic mass is 19.4. The Labute approximate surface area is 126 Å². The predicted molar refractivity (Wildman–Crippen MR) is 78.0 cm³/mol. The number of rotatable bonds is 5. The molecular weight excluding hydrogens is 295 g/mol. The van der Waals surface area contributed by atoms with Crippen LogP contribution >= 0.6 is 0 Å². The molecule has 0 aliphatic carbocycles. The number of halogens is 3. The number of nitrogens with one attached hydrogen (secondary N) is 1. The van der Waals surface area contributed by atoms with Crippen molar-refractivity contribution in [1.29, 1.82) is 0 Å². The van der Waals surface area contributed by atoms with Crippen LogP contribution in [0.2, 0.25) is 0 Å². The second kappa shape index (κ2) is 6.60. The predicted octanol–water partition coefficient (Wildman–Crippen LogP) is 4.42. The molecule has 0 unspecified atom stereocenters. The molecule has 2 N–H and O–H groups in total. The van der Waals surface area contributed by atoms with Gasteiger partial charge in [-0.15, -0.1) is 0 Å². The van der Waals surface area contributed by atoms with Gasteiger partial charge in [0.25, 0.3) is 0 Å². The zero-order valence-corrected chi connectivity index (χ0v) is 11.9. The molecule has 2 aromatic rings. The van der Waals surface area contributed by atoms with E-state index in [0.717, 1.165) is 12.1 Å². The summed E-state index contributed by atoms with van der Waals surface area (Å²) < 4.78 is 43.2. The van der Waals surface area contributed by atoms with Crippen LogP contribution in [-0.2, 0) is 12.7 Å². The molecule has 0 heterocycles. The Bertz CT molecular complexity index is 642. The van der Waals surface area contributed by atoms with Gasteiger partial charge in [-0.1, -0.05) is 18.2 Å². The Morgan fingerprint density at radius 1 is 1.14 bits per heavy atom. The molecular formula is C16H16F3NO2. The molecule has 0 bridgehead atoms. The topological polar surface area (TPSA) is 41.5 Å². The molecule has 0 amide bonds. The number of para-hydroxylation sites is 1. The largest absolute Gasteiger partial charge is 0.504 e. The maximum atomic E-state index is 12.6. The van der Waals surface area contributed by atoms with Crippen molar-refractivity contribution in [2.75, 3.05) is 11.9 Å². The van der Waals surface area contributed by atoms with Gasteiger partial charge in [0.2, 0.25) is 0 Å². The van der Waals surface area contributed by atoms with Crippen LogP contribution < -0.4 is 10.1 Å². The molecule has 2 aromatic carbocycles. The average molecular weight is 311 g/mol. The van der Waals surface area contributed by atoms with Crippen LogP contribution in [0.5, 0.6) is 11.5 Å². The summed E-state index contributed by atoms with van der Waals surface area (Å²) in [5, 5.41) is 12.9. The fourth-order valence-corrected chi connectivity index (χ4v) is 1.99. The number of aromatic hydroxyl groups is 1. The lowest BCUT2D eigenvalue weighted by Crippen LogP contribution is -2.06. The highest BCUT2D eigenvalue weighted by Crippen LogP contribution is 2.32. The maximum Gasteiger partial charge on any atom is 0.416 e. The fourth-order valence-electron chi connectivity index (χ4n) is 1.99. The van der Waals surface area contributed by atoms with E-state index >= 15 is 0 Å². The van der Waals surface area contributed by atoms with E-state index in [-0.39, 0.29) is 12.3 Å². The van der Waals surface area contributed by atoms with Crippen molar-refractivity contribution in [3.05, 3.63) is 53.6 Å². The van der Waals surface area contributed by atoms with Gasteiger partial charge in [-0.25, -0.2) is 0 Å². The quantitative estimate of drug-likeness (QED) is 0.859. The van der Waals surface area contributed by atoms with E-state index in [1.165, 1.54) is 6.07 Å². The van der Waals surface area contributed by atoms with Crippen molar-refractivity contribution in [2.24, 2.45) is 0 Å². The van der Waals surface area contributed by atoms with Crippen LogP contribution in [-0.4, -0.2) is 11.7 Å². The van der Waals surface area contributed by atoms with Gasteiger partial charge in [0.1, 0.15) is 0 Å². The molecule has 118 valence electrons. The van der Waals surface area contributed by atoms with Gasteiger partial charge in [0.15, 0.2) is 11.5 Å². The standard InChI is InChI=1S/C16H16F3NO2/c1-2-22-14-8-3-5-11(15(14)21)10-20-13-7-4-6-12(9-13)16(17,18)19/h3-9,20-21H,2,10H2,1H3. The normalized spacial score (nSPS) is 11.3. The fraction of sp³-hybridized carbons (Fsp3) is 0.250. The molecule has 0 spiro atoms. The molecule has 0 aromatic heterocycles. The number of phenolic OH excluding ortho intramolecular Hbond substituents is 1. The third-order valence-corrected chi connectivity index (χ3v) is 3.06. The average Bonchev–Trinajstić information content (AvgIpc) is 2.48. The molecule has 2 rings (SSSR count). The molecule has 0 saturated carbocycles. The highest BCUT2D eigenvalue weighted by Gasteiger charge is 2.30. The van der Waals surface area contributed by atoms with Gasteiger partial charge < -0.3 is 15.2 Å². The molecule has 3 nitrogen and oxygen atoms in total. The number of anilines is 1. The van der Waals surface area contributed by atoms with Crippen LogP contribution in [0.4, 0.5) is 18.9 Å². The third kappa shape index (κ3) is 3.84. The molecule has 0 aliphatic heterocycles. The van der Waals surface area contributed by atoms with Gasteiger partial charge in [0.05, 0.1) is 12.2 Å². The maximum absolute atomic E-state index is 12.6. The van der Waals surface area contributed by atoms with E-state index in [1.807, 2.05) is 0 Å². The van der Waals surface area contributed by atoms with Crippen LogP contribution in [0.1, 0.15) is 18.1 Å². The van der Waals surface area contributed by atoms with Crippen molar-refractivity contribution in [3.8, 4) is 11.5 Å². The van der Waals surface area contributed by atoms with Gasteiger partial charge in [-0.2, -0.15) is 13.2 Å². The van der Waals surface area contributed by atoms with Crippen molar-refractivity contribution in [1.82, 2.24) is 0 Å². The molecule has 0 saturated heterocycles. The summed E-state index contributed by atoms with van der Waals surface area (Å²) in [6, 6.07) is 9.95. The van der Waals surface area contributed by atoms with Gasteiger partial charge in [-0.3, -0.25) is 0 Å². The summed E-state index contributed by atoms with van der Waals surface area (Å²) in [7, 11) is 0. The Morgan fingerprint density at radius 3 is 2.55 bits per heavy atom. The second-order valence-corrected chi connectivity index (χ2v) is 4.63. The zero-order valence-electron chi connectivity index (χ0n) is 11.9. The molecule has 0 fully saturated rings. The van der Waals surface area contributed by atoms with Crippen molar-refractivity contribution in [2.45, 2.75) is 19.6 Å². The molecule has 22 heavy (non-hydrogen) atoms. The third-order valence-electron chi connectivity index (χ3n) is 3.06. The number of hydrogen-bond donors (Lipinski definition) is 2. The zero-order chi connectivity index (χ0) is 16.2. The summed E-state index contributed by atoms with van der Waals surface area (Å²) in [5.41, 5.74) is 0.157. The lowest BCUT2D eigenvalue weighted by atomic mass is 10.1. The lowest BCUT2D eigenvalue weighted by molar-refractivity contribution is -0.137. The smallest absolute Gasteiger partial charge is 0.416 e. The van der Waals surface area contributed by atoms with Crippen LogP contribution in [0.15, 0.2) is 42.5 Å². The van der Waals surface area contributed by atoms with E-state index in [0.29, 0.717) is 23.6 Å². The Balaban J connectivity index is 2.12. The SMILES string of the molecule is CCOc1cccc(CNc2cccc(C(F)(F)F)c2)c1O. The second-order valence-electron chi connectivity index (χ2n) is 4.63. The number of alkyl halides is 3. The first kappa shape index (κ1) is 16.0. The summed E-state index contributed by atoms with van der Waals surface area (Å²) in [6.45, 7) is 2.40. The Morgan fingerprint density at radius 2 is 1.86 bits per heavy atom. The van der Waals surface area contributed by atoms with E-state index in [4.69, 9.17) is 4.74 Å². The van der Waals surface area contributed by atoms with Crippen LogP contribution in [0, 0.1) is 0 Å². The summed E-state index contributed by atoms with van der Waals surface area (Å²) in [6.07, 6.45) is -4.38. The van der Waals surface area contributed by atoms with Gasteiger partial charge >= 0.3 is 6.18 Å². The first-order valence-electron chi connectivity index (χ1n) is 6.76. The van der Waals surface area contributed by atoms with Gasteiger partial charge in [-0.05, 0) is 31.2 Å². The number of hydrogen-bond acceptors (Lipinski definition) is 3. The van der Waals surface area contributed by atoms with Crippen molar-refractivity contribution < 1.29 is 23.0 Å². The molecule has 0 aliphatic rings. The monoisotopic (exact) mass is 311 g/mol. The van der Waals surface area contributed by atoms with E-state index in [2.05, 4.69) is 5.32 Å². The van der Waals surface area contributed by atoms with E-state index in [9.17, 15) is 18.3 Å². The molecule has 6 heteroatoms. The number of phenols is 1. The highest BCUT2D eigenvalue weighted by molar-refractivity contribution is 5.50. The minimum Gasteiger partial charge on any atom is -0.504 e. The van der Waals surface area contributed by atoms with E-state index in [1.54, 1.807) is 31.2 Å². The summed E-state index contributed by atoms with van der Waals surface area (Å²) >= 11 is 0. The number of ether oxygens (including phenoxy) is 1. The minimum atomic E-state index is -4.38. The minimum absolute atomic E-state index is 0.0103. The first-order valence-corrected chi connectivity index (χ1v) is 6.76. The van der Waals surface area contributed by atoms with Crippen molar-refractivity contribution in [3.63, 3.8) is 0 Å². The van der Waals surface area contributed by atoms with Crippen LogP contribution in [0.25, 0.3) is 0 Å². The molecule has 0 atom stereocenters. The first-order chi connectivity index (χ1) is 10.4. The van der Waals surface area contributed by atoms with Crippen molar-refractivity contribution >= 4 is 5.69 Å². The van der Waals surface area contributed by atoms with E-state index < -0.39 is 11.7 Å². The Hall–Kier alpha value is -2.37. The summed E-state index contributed by atoms with van der Waals surface area (Å²) in [4.78, 5) is 0. The lowest BCUT2D eigenvalue weighted by Gasteiger charge is -2.13. The summed E-state index contributed by atoms with van der Waals surface area (Å²) in [5.74, 6) is 0.342. The Kier molecular flexibility index (Phi) is 4.80. The number of benzene rings is 2. The van der Waals surface area contributed by atoms with Crippen LogP contribution in [0.3, 0.4) is 0 Å². The van der Waals surface area contributed by atoms with Gasteiger partial charge in [0, 0.05) is 17.8 Å².